The molecule has 0 bridgehead atoms. The predicted octanol–water partition coefficient (Wildman–Crippen LogP) is 5.74. The Morgan fingerprint density at radius 1 is 1.06 bits per heavy atom. The maximum atomic E-state index is 15.5. The molecular weight excluding hydrogens is 675 g/mol. The van der Waals surface area contributed by atoms with Crippen LogP contribution in [0.1, 0.15) is 26.3 Å². The highest BCUT2D eigenvalue weighted by molar-refractivity contribution is 7.99. The number of carbonyl (C=O) groups is 1. The molecule has 2 aromatic carbocycles. The Morgan fingerprint density at radius 2 is 1.77 bits per heavy atom. The summed E-state index contributed by atoms with van der Waals surface area (Å²) in [5.74, 6) is -2.20. The molecule has 1 amide bonds. The van der Waals surface area contributed by atoms with Gasteiger partial charge in [-0.3, -0.25) is 14.3 Å². The van der Waals surface area contributed by atoms with Crippen LogP contribution >= 0.6 is 23.4 Å². The molecule has 1 aromatic heterocycles. The summed E-state index contributed by atoms with van der Waals surface area (Å²) in [6, 6.07) is 1.26. The fraction of sp³-hybridized carbons (Fsp3) is 0.485. The van der Waals surface area contributed by atoms with E-state index >= 15 is 17.6 Å². The molecule has 8 nitrogen and oxygen atoms in total. The fourth-order valence-electron chi connectivity index (χ4n) is 7.08. The lowest BCUT2D eigenvalue weighted by Gasteiger charge is -2.44. The second-order valence-corrected chi connectivity index (χ2v) is 14.0. The molecular formula is C33H36ClF5N6O2S. The lowest BCUT2D eigenvalue weighted by atomic mass is 9.95. The summed E-state index contributed by atoms with van der Waals surface area (Å²) < 4.78 is 76.5. The fourth-order valence-corrected chi connectivity index (χ4v) is 8.64. The van der Waals surface area contributed by atoms with Crippen molar-refractivity contribution in [3.05, 3.63) is 63.6 Å². The van der Waals surface area contributed by atoms with E-state index in [1.165, 1.54) is 10.6 Å². The Hall–Kier alpha value is -3.20. The highest BCUT2D eigenvalue weighted by Gasteiger charge is 2.41. The minimum absolute atomic E-state index is 0.0537. The van der Waals surface area contributed by atoms with Gasteiger partial charge in [-0.1, -0.05) is 25.1 Å². The highest BCUT2D eigenvalue weighted by atomic mass is 35.5. The van der Waals surface area contributed by atoms with Crippen LogP contribution in [-0.2, 0) is 17.5 Å². The molecule has 2 saturated heterocycles. The van der Waals surface area contributed by atoms with Gasteiger partial charge in [0.2, 0.25) is 5.91 Å². The Morgan fingerprint density at radius 3 is 2.42 bits per heavy atom. The molecule has 6 rings (SSSR count). The summed E-state index contributed by atoms with van der Waals surface area (Å²) in [5, 5.41) is -0.444. The Labute approximate surface area is 284 Å². The van der Waals surface area contributed by atoms with E-state index < -0.39 is 51.3 Å². The van der Waals surface area contributed by atoms with Crippen LogP contribution in [0.2, 0.25) is 5.02 Å². The predicted molar refractivity (Wildman–Crippen MR) is 178 cm³/mol. The molecule has 2 fully saturated rings. The third kappa shape index (κ3) is 6.20. The molecule has 3 atom stereocenters. The number of nitrogens with zero attached hydrogens (tertiary/aromatic N) is 6. The Kier molecular flexibility index (Phi) is 9.57. The summed E-state index contributed by atoms with van der Waals surface area (Å²) in [4.78, 5) is 39.0. The molecule has 0 N–H and O–H groups in total. The summed E-state index contributed by atoms with van der Waals surface area (Å²) in [6.07, 6.45) is -3.76. The first-order valence-corrected chi connectivity index (χ1v) is 17.2. The van der Waals surface area contributed by atoms with Crippen LogP contribution in [0.5, 0.6) is 0 Å². The number of aromatic nitrogens is 2. The van der Waals surface area contributed by atoms with E-state index in [1.807, 2.05) is 13.8 Å². The summed E-state index contributed by atoms with van der Waals surface area (Å²) in [7, 11) is 0. The largest absolute Gasteiger partial charge is 0.417 e. The first-order chi connectivity index (χ1) is 22.7. The number of alkyl halides is 3. The first kappa shape index (κ1) is 34.7. The van der Waals surface area contributed by atoms with Gasteiger partial charge in [0.25, 0.3) is 0 Å². The number of amides is 1. The number of piperazine rings is 2. The van der Waals surface area contributed by atoms with Crippen molar-refractivity contribution in [3.63, 3.8) is 0 Å². The van der Waals surface area contributed by atoms with E-state index in [4.69, 9.17) is 11.6 Å². The van der Waals surface area contributed by atoms with Gasteiger partial charge in [-0.2, -0.15) is 18.2 Å². The number of carbonyl (C=O) groups excluding carboxylic acids is 1. The van der Waals surface area contributed by atoms with Crippen molar-refractivity contribution in [1.29, 1.82) is 0 Å². The van der Waals surface area contributed by atoms with Crippen LogP contribution in [0.25, 0.3) is 22.0 Å². The molecule has 4 heterocycles. The van der Waals surface area contributed by atoms with Gasteiger partial charge in [0.15, 0.2) is 0 Å². The Balaban J connectivity index is 1.60. The van der Waals surface area contributed by atoms with Gasteiger partial charge in [-0.15, -0.1) is 11.8 Å². The van der Waals surface area contributed by atoms with Crippen LogP contribution in [-0.4, -0.2) is 99.8 Å². The van der Waals surface area contributed by atoms with Crippen LogP contribution in [0.15, 0.2) is 40.5 Å². The van der Waals surface area contributed by atoms with Crippen LogP contribution < -0.4 is 10.6 Å². The topological polar surface area (TPSA) is 64.9 Å². The molecule has 3 aliphatic heterocycles. The van der Waals surface area contributed by atoms with Crippen molar-refractivity contribution in [1.82, 2.24) is 24.3 Å². The van der Waals surface area contributed by atoms with Crippen molar-refractivity contribution in [3.8, 4) is 11.1 Å². The van der Waals surface area contributed by atoms with E-state index in [1.54, 1.807) is 9.80 Å². The van der Waals surface area contributed by atoms with Crippen molar-refractivity contribution < 1.29 is 26.7 Å². The standard InChI is InChI=1S/C33H36ClF5N6O2S/c1-5-27(46)43-14-19(4)44(15-18(43)3)31-22-11-23(33(37,38)39)28(21-12-24(34)26(36)13-25(21)35)30-29(22)45(32(47)40-31)16-20(17-48-30)42-9-7-41(6-2)8-10-42/h5,11-13,18-20H,1,6-10,14-17H2,2-4H3/t18-,19+,20?/m1/s1. The molecule has 3 aliphatic rings. The second-order valence-electron chi connectivity index (χ2n) is 12.6. The van der Waals surface area contributed by atoms with Gasteiger partial charge in [0.05, 0.1) is 16.1 Å². The molecule has 0 aliphatic carbocycles. The summed E-state index contributed by atoms with van der Waals surface area (Å²) in [6.45, 7) is 13.8. The monoisotopic (exact) mass is 710 g/mol. The zero-order valence-electron chi connectivity index (χ0n) is 26.8. The smallest absolute Gasteiger partial charge is 0.349 e. The number of benzene rings is 2. The number of thioether (sulfide) groups is 1. The first-order valence-electron chi connectivity index (χ1n) is 15.9. The van der Waals surface area contributed by atoms with Gasteiger partial charge in [0.1, 0.15) is 17.5 Å². The molecule has 0 saturated carbocycles. The molecule has 15 heteroatoms. The van der Waals surface area contributed by atoms with E-state index in [2.05, 4.69) is 28.3 Å². The van der Waals surface area contributed by atoms with Crippen molar-refractivity contribution in [2.45, 2.75) is 56.5 Å². The third-order valence-electron chi connectivity index (χ3n) is 9.68. The molecule has 0 radical (unpaired) electrons. The van der Waals surface area contributed by atoms with Crippen LogP contribution in [0.3, 0.4) is 0 Å². The number of likely N-dealkylation sites (N-methyl/N-ethyl adjacent to an activating group) is 1. The van der Waals surface area contributed by atoms with Gasteiger partial charge >= 0.3 is 11.9 Å². The Bertz CT molecular complexity index is 1830. The maximum Gasteiger partial charge on any atom is 0.417 e. The summed E-state index contributed by atoms with van der Waals surface area (Å²) in [5.41, 5.74) is -2.60. The average molecular weight is 711 g/mol. The number of hydrogen-bond acceptors (Lipinski definition) is 7. The zero-order valence-corrected chi connectivity index (χ0v) is 28.4. The van der Waals surface area contributed by atoms with Gasteiger partial charge < -0.3 is 14.7 Å². The van der Waals surface area contributed by atoms with Crippen LogP contribution in [0, 0.1) is 11.6 Å². The number of halogens is 6. The summed E-state index contributed by atoms with van der Waals surface area (Å²) >= 11 is 7.15. The van der Waals surface area contributed by atoms with E-state index in [9.17, 15) is 14.0 Å². The number of rotatable bonds is 5. The van der Waals surface area contributed by atoms with Crippen molar-refractivity contribution in [2.24, 2.45) is 0 Å². The average Bonchev–Trinajstić information content (AvgIpc) is 3.26. The second kappa shape index (κ2) is 13.3. The zero-order chi connectivity index (χ0) is 34.7. The molecule has 1 unspecified atom stereocenters. The lowest BCUT2D eigenvalue weighted by Crippen LogP contribution is -2.58. The normalized spacial score (nSPS) is 22.6. The lowest BCUT2D eigenvalue weighted by molar-refractivity contribution is -0.137. The molecule has 48 heavy (non-hydrogen) atoms. The van der Waals surface area contributed by atoms with Gasteiger partial charge in [-0.25, -0.2) is 13.6 Å². The SMILES string of the molecule is C=CC(=O)N1C[C@H](C)N(c2nc(=O)n3c4c(c(-c5cc(Cl)c(F)cc5F)c(C(F)(F)F)cc24)SCC(N2CCN(CC)CC2)C3)C[C@H]1C. The minimum atomic E-state index is -4.97. The van der Waals surface area contributed by atoms with E-state index in [0.29, 0.717) is 24.9 Å². The number of hydrogen-bond donors (Lipinski definition) is 0. The number of anilines is 1. The van der Waals surface area contributed by atoms with Crippen molar-refractivity contribution >= 4 is 46.0 Å². The quantitative estimate of drug-likeness (QED) is 0.190. The molecule has 258 valence electrons. The van der Waals surface area contributed by atoms with E-state index in [0.717, 1.165) is 43.5 Å². The van der Waals surface area contributed by atoms with Crippen molar-refractivity contribution in [2.75, 3.05) is 56.5 Å². The third-order valence-corrected chi connectivity index (χ3v) is 11.2. The maximum absolute atomic E-state index is 15.5. The molecule has 0 spiro atoms. The highest BCUT2D eigenvalue weighted by Crippen LogP contribution is 2.49. The van der Waals surface area contributed by atoms with Crippen LogP contribution in [0.4, 0.5) is 27.8 Å². The van der Waals surface area contributed by atoms with E-state index in [-0.39, 0.29) is 59.2 Å². The van der Waals surface area contributed by atoms with Gasteiger partial charge in [-0.05, 0) is 38.6 Å². The molecule has 3 aromatic rings. The minimum Gasteiger partial charge on any atom is -0.349 e. The van der Waals surface area contributed by atoms with Gasteiger partial charge in [0, 0.05) is 97.2 Å².